The second-order valence-electron chi connectivity index (χ2n) is 1.97. The first kappa shape index (κ1) is 52.5. The second-order valence-corrected chi connectivity index (χ2v) is 1.97. The van der Waals surface area contributed by atoms with E-state index in [-0.39, 0.29) is 43.8 Å². The van der Waals surface area contributed by atoms with E-state index in [1.165, 1.54) is 0 Å². The first-order valence-electron chi connectivity index (χ1n) is 2.72. The van der Waals surface area contributed by atoms with Crippen molar-refractivity contribution in [2.24, 2.45) is 0 Å². The number of carbonyl (C=O) groups excluding carboxylic acids is 6. The van der Waals surface area contributed by atoms with Crippen molar-refractivity contribution in [1.29, 1.82) is 0 Å². The van der Waals surface area contributed by atoms with E-state index in [1.54, 1.807) is 0 Å². The third-order valence-electron chi connectivity index (χ3n) is 1.24. The van der Waals surface area contributed by atoms with Gasteiger partial charge in [0.2, 0.25) is 0 Å². The molecule has 1 aliphatic rings. The molecule has 0 aromatic rings. The van der Waals surface area contributed by atoms with Gasteiger partial charge in [-0.3, -0.25) is 28.8 Å². The molecule has 14 heteroatoms. The van der Waals surface area contributed by atoms with Crippen LogP contribution in [-0.4, -0.2) is 78.5 Å². The Bertz CT molecular complexity index is 249. The lowest BCUT2D eigenvalue weighted by atomic mass is 9.93. The van der Waals surface area contributed by atoms with Crippen LogP contribution in [0.15, 0.2) is 0 Å². The fraction of sp³-hybridized carbons (Fsp3) is 0. The molecule has 1 saturated carbocycles. The SMILES string of the molecule is O.O.O.O.O.O.O.O.O=C1C(=O)C(=O)C(=O)C(=O)C1=O. The molecule has 0 atom stereocenters. The third-order valence-corrected chi connectivity index (χ3v) is 1.24. The van der Waals surface area contributed by atoms with Crippen molar-refractivity contribution in [2.45, 2.75) is 0 Å². The van der Waals surface area contributed by atoms with Crippen LogP contribution in [0.3, 0.4) is 0 Å². The zero-order valence-electron chi connectivity index (χ0n) is 9.45. The van der Waals surface area contributed by atoms with Gasteiger partial charge in [-0.25, -0.2) is 0 Å². The van der Waals surface area contributed by atoms with Gasteiger partial charge in [-0.15, -0.1) is 0 Å². The van der Waals surface area contributed by atoms with Gasteiger partial charge < -0.3 is 43.8 Å². The fourth-order valence-electron chi connectivity index (χ4n) is 0.619. The van der Waals surface area contributed by atoms with Crippen molar-refractivity contribution in [3.05, 3.63) is 0 Å². The molecule has 1 aliphatic carbocycles. The summed E-state index contributed by atoms with van der Waals surface area (Å²) in [6.45, 7) is 0. The van der Waals surface area contributed by atoms with Gasteiger partial charge in [0.15, 0.2) is 0 Å². The molecule has 0 amide bonds. The van der Waals surface area contributed by atoms with E-state index in [1.807, 2.05) is 0 Å². The molecular formula is C6H16O14. The minimum absolute atomic E-state index is 0. The number of hydrogen-bond donors (Lipinski definition) is 0. The van der Waals surface area contributed by atoms with Crippen molar-refractivity contribution in [1.82, 2.24) is 0 Å². The van der Waals surface area contributed by atoms with Crippen LogP contribution in [0.5, 0.6) is 0 Å². The number of Topliss-reactive ketones (excluding diaryl/α,β-unsaturated/α-hetero) is 6. The van der Waals surface area contributed by atoms with Crippen LogP contribution >= 0.6 is 0 Å². The van der Waals surface area contributed by atoms with E-state index >= 15 is 0 Å². The molecule has 0 heterocycles. The molecule has 0 saturated heterocycles. The highest BCUT2D eigenvalue weighted by Crippen LogP contribution is 1.96. The van der Waals surface area contributed by atoms with E-state index in [0.29, 0.717) is 0 Å². The predicted molar refractivity (Wildman–Crippen MR) is 59.0 cm³/mol. The molecule has 14 nitrogen and oxygen atoms in total. The summed E-state index contributed by atoms with van der Waals surface area (Å²) < 4.78 is 0. The summed E-state index contributed by atoms with van der Waals surface area (Å²) in [5, 5.41) is 0. The Hall–Kier alpha value is -2.30. The molecule has 1 rings (SSSR count). The largest absolute Gasteiger partial charge is 0.412 e. The van der Waals surface area contributed by atoms with Gasteiger partial charge >= 0.3 is 0 Å². The standard InChI is InChI=1S/C6O6.8H2O/c7-1-2(8)4(10)6(12)5(11)3(1)9;;;;;;;;/h;8*1H2. The van der Waals surface area contributed by atoms with Crippen LogP contribution in [-0.2, 0) is 28.8 Å². The summed E-state index contributed by atoms with van der Waals surface area (Å²) in [4.78, 5) is 62.4. The molecular weight excluding hydrogens is 296 g/mol. The zero-order chi connectivity index (χ0) is 9.46. The van der Waals surface area contributed by atoms with E-state index in [2.05, 4.69) is 0 Å². The van der Waals surface area contributed by atoms with Gasteiger partial charge in [-0.2, -0.15) is 0 Å². The molecule has 1 fully saturated rings. The summed E-state index contributed by atoms with van der Waals surface area (Å²) in [5.74, 6) is -10.4. The quantitative estimate of drug-likeness (QED) is 0.390. The number of hydrogen-bond acceptors (Lipinski definition) is 6. The lowest BCUT2D eigenvalue weighted by Crippen LogP contribution is -2.49. The van der Waals surface area contributed by atoms with E-state index < -0.39 is 34.7 Å². The summed E-state index contributed by atoms with van der Waals surface area (Å²) in [7, 11) is 0. The Morgan fingerprint density at radius 1 is 0.250 bits per heavy atom. The molecule has 0 aliphatic heterocycles. The normalized spacial score (nSPS) is 11.4. The molecule has 0 radical (unpaired) electrons. The highest BCUT2D eigenvalue weighted by atomic mass is 16.2. The van der Waals surface area contributed by atoms with Crippen LogP contribution in [0, 0.1) is 0 Å². The minimum Gasteiger partial charge on any atom is -0.412 e. The van der Waals surface area contributed by atoms with Crippen LogP contribution in [0.1, 0.15) is 0 Å². The molecule has 0 bridgehead atoms. The number of ketones is 6. The molecule has 0 spiro atoms. The minimum atomic E-state index is -1.73. The molecule has 0 aromatic heterocycles. The summed E-state index contributed by atoms with van der Waals surface area (Å²) in [6.07, 6.45) is 0. The van der Waals surface area contributed by atoms with Gasteiger partial charge in [0.1, 0.15) is 0 Å². The summed E-state index contributed by atoms with van der Waals surface area (Å²) >= 11 is 0. The molecule has 0 unspecified atom stereocenters. The molecule has 124 valence electrons. The summed E-state index contributed by atoms with van der Waals surface area (Å²) in [5.41, 5.74) is 0. The topological polar surface area (TPSA) is 354 Å². The second kappa shape index (κ2) is 16.7. The molecule has 0 aromatic carbocycles. The fourth-order valence-corrected chi connectivity index (χ4v) is 0.619. The smallest absolute Gasteiger partial charge is 0.281 e. The summed E-state index contributed by atoms with van der Waals surface area (Å²) in [6, 6.07) is 0. The maximum Gasteiger partial charge on any atom is 0.281 e. The number of rotatable bonds is 0. The van der Waals surface area contributed by atoms with Crippen LogP contribution in [0.2, 0.25) is 0 Å². The van der Waals surface area contributed by atoms with Crippen molar-refractivity contribution in [3.8, 4) is 0 Å². The van der Waals surface area contributed by atoms with Crippen LogP contribution in [0.4, 0.5) is 0 Å². The Balaban J connectivity index is -0.0000000300. The lowest BCUT2D eigenvalue weighted by Gasteiger charge is -2.01. The van der Waals surface area contributed by atoms with Crippen molar-refractivity contribution in [2.75, 3.05) is 0 Å². The Labute approximate surface area is 108 Å². The first-order valence-corrected chi connectivity index (χ1v) is 2.72. The Morgan fingerprint density at radius 3 is 0.350 bits per heavy atom. The van der Waals surface area contributed by atoms with Gasteiger partial charge in [0.25, 0.3) is 34.7 Å². The Morgan fingerprint density at radius 2 is 0.300 bits per heavy atom. The maximum atomic E-state index is 10.4. The van der Waals surface area contributed by atoms with Crippen molar-refractivity contribution >= 4 is 34.7 Å². The highest BCUT2D eigenvalue weighted by Gasteiger charge is 2.47. The van der Waals surface area contributed by atoms with Gasteiger partial charge in [-0.05, 0) is 0 Å². The van der Waals surface area contributed by atoms with Crippen molar-refractivity contribution < 1.29 is 72.6 Å². The third kappa shape index (κ3) is 7.20. The highest BCUT2D eigenvalue weighted by molar-refractivity contribution is 7.08. The van der Waals surface area contributed by atoms with Crippen LogP contribution < -0.4 is 0 Å². The van der Waals surface area contributed by atoms with Gasteiger partial charge in [0, 0.05) is 0 Å². The maximum absolute atomic E-state index is 10.4. The molecule has 20 heavy (non-hydrogen) atoms. The zero-order valence-corrected chi connectivity index (χ0v) is 9.45. The Kier molecular flexibility index (Phi) is 43.8. The van der Waals surface area contributed by atoms with Gasteiger partial charge in [0.05, 0.1) is 0 Å². The van der Waals surface area contributed by atoms with Crippen molar-refractivity contribution in [3.63, 3.8) is 0 Å². The average molecular weight is 312 g/mol. The lowest BCUT2D eigenvalue weighted by molar-refractivity contribution is -0.158. The van der Waals surface area contributed by atoms with Crippen LogP contribution in [0.25, 0.3) is 0 Å². The number of carbonyl (C=O) groups is 6. The van der Waals surface area contributed by atoms with E-state index in [4.69, 9.17) is 0 Å². The molecule has 16 N–H and O–H groups in total. The van der Waals surface area contributed by atoms with E-state index in [9.17, 15) is 28.8 Å². The monoisotopic (exact) mass is 312 g/mol. The first-order chi connectivity index (χ1) is 5.46. The average Bonchev–Trinajstić information content (AvgIpc) is 2.08. The van der Waals surface area contributed by atoms with Gasteiger partial charge in [-0.1, -0.05) is 0 Å². The predicted octanol–water partition coefficient (Wildman–Crippen LogP) is -9.18. The van der Waals surface area contributed by atoms with E-state index in [0.717, 1.165) is 0 Å².